The van der Waals surface area contributed by atoms with Gasteiger partial charge in [0.25, 0.3) is 0 Å². The predicted octanol–water partition coefficient (Wildman–Crippen LogP) is 3.45. The Morgan fingerprint density at radius 2 is 1.71 bits per heavy atom. The summed E-state index contributed by atoms with van der Waals surface area (Å²) < 4.78 is 0. The van der Waals surface area contributed by atoms with Crippen molar-refractivity contribution < 1.29 is 14.7 Å². The minimum Gasteiger partial charge on any atom is -0.481 e. The van der Waals surface area contributed by atoms with Crippen LogP contribution >= 0.6 is 0 Å². The van der Waals surface area contributed by atoms with Gasteiger partial charge in [-0.15, -0.1) is 0 Å². The summed E-state index contributed by atoms with van der Waals surface area (Å²) in [6.45, 7) is 5.07. The summed E-state index contributed by atoms with van der Waals surface area (Å²) in [5, 5.41) is 9.71. The molecule has 1 aliphatic heterocycles. The molecule has 1 saturated carbocycles. The Bertz CT molecular complexity index is 385. The number of aliphatic carboxylic acids is 1. The Hall–Kier alpha value is -1.06. The quantitative estimate of drug-likeness (QED) is 0.811. The molecule has 0 aromatic heterocycles. The molecule has 2 rings (SSSR count). The Kier molecular flexibility index (Phi) is 5.28. The van der Waals surface area contributed by atoms with Gasteiger partial charge in [-0.2, -0.15) is 0 Å². The topological polar surface area (TPSA) is 57.6 Å². The molecule has 1 saturated heterocycles. The van der Waals surface area contributed by atoms with E-state index in [4.69, 9.17) is 0 Å². The molecule has 1 heterocycles. The third-order valence-electron chi connectivity index (χ3n) is 5.70. The van der Waals surface area contributed by atoms with Gasteiger partial charge in [0.1, 0.15) is 0 Å². The highest BCUT2D eigenvalue weighted by Crippen LogP contribution is 2.39. The maximum atomic E-state index is 12.7. The molecule has 1 amide bonds. The number of amides is 1. The summed E-state index contributed by atoms with van der Waals surface area (Å²) in [6, 6.07) is 0.239. The molecular weight excluding hydrogens is 266 g/mol. The van der Waals surface area contributed by atoms with Crippen molar-refractivity contribution in [2.75, 3.05) is 6.54 Å². The van der Waals surface area contributed by atoms with Crippen LogP contribution in [0.25, 0.3) is 0 Å². The lowest BCUT2D eigenvalue weighted by molar-refractivity contribution is -0.156. The number of piperidine rings is 1. The summed E-state index contributed by atoms with van der Waals surface area (Å²) in [6.07, 6.45) is 7.78. The molecule has 1 aliphatic carbocycles. The summed E-state index contributed by atoms with van der Waals surface area (Å²) in [7, 11) is 0. The summed E-state index contributed by atoms with van der Waals surface area (Å²) in [5.74, 6) is -0.202. The number of carboxylic acid groups (broad SMARTS) is 1. The van der Waals surface area contributed by atoms with Gasteiger partial charge in [0.05, 0.1) is 5.41 Å². The van der Waals surface area contributed by atoms with Crippen molar-refractivity contribution in [3.05, 3.63) is 0 Å². The number of carbonyl (C=O) groups is 2. The number of carboxylic acids is 1. The smallest absolute Gasteiger partial charge is 0.310 e. The molecule has 21 heavy (non-hydrogen) atoms. The van der Waals surface area contributed by atoms with Gasteiger partial charge in [0.2, 0.25) is 5.91 Å². The van der Waals surface area contributed by atoms with E-state index in [1.165, 1.54) is 0 Å². The van der Waals surface area contributed by atoms with Gasteiger partial charge in [-0.05, 0) is 38.5 Å². The number of likely N-dealkylation sites (tertiary alicyclic amines) is 1. The summed E-state index contributed by atoms with van der Waals surface area (Å²) >= 11 is 0. The lowest BCUT2D eigenvalue weighted by Crippen LogP contribution is -2.48. The molecule has 1 N–H and O–H groups in total. The van der Waals surface area contributed by atoms with Gasteiger partial charge >= 0.3 is 5.97 Å². The Labute approximate surface area is 127 Å². The van der Waals surface area contributed by atoms with E-state index < -0.39 is 11.4 Å². The van der Waals surface area contributed by atoms with Crippen LogP contribution in [0.15, 0.2) is 0 Å². The minimum atomic E-state index is -0.812. The predicted molar refractivity (Wildman–Crippen MR) is 82.0 cm³/mol. The average molecular weight is 295 g/mol. The van der Waals surface area contributed by atoms with Crippen molar-refractivity contribution in [3.63, 3.8) is 0 Å². The Morgan fingerprint density at radius 3 is 2.29 bits per heavy atom. The van der Waals surface area contributed by atoms with Gasteiger partial charge in [0.15, 0.2) is 0 Å². The van der Waals surface area contributed by atoms with Crippen molar-refractivity contribution in [1.82, 2.24) is 4.90 Å². The van der Waals surface area contributed by atoms with Crippen molar-refractivity contribution >= 4 is 11.9 Å². The molecule has 2 aliphatic rings. The van der Waals surface area contributed by atoms with Crippen LogP contribution in [0.1, 0.15) is 71.6 Å². The van der Waals surface area contributed by atoms with Gasteiger partial charge in [0, 0.05) is 19.0 Å². The molecule has 4 heteroatoms. The first-order chi connectivity index (χ1) is 9.96. The monoisotopic (exact) mass is 295 g/mol. The number of rotatable bonds is 3. The summed E-state index contributed by atoms with van der Waals surface area (Å²) in [5.41, 5.74) is -0.812. The van der Waals surface area contributed by atoms with Crippen LogP contribution in [0.2, 0.25) is 0 Å². The molecule has 0 radical (unpaired) electrons. The van der Waals surface area contributed by atoms with Gasteiger partial charge < -0.3 is 10.0 Å². The van der Waals surface area contributed by atoms with Crippen molar-refractivity contribution in [1.29, 1.82) is 0 Å². The van der Waals surface area contributed by atoms with E-state index in [1.807, 2.05) is 4.90 Å². The minimum absolute atomic E-state index is 0.0540. The van der Waals surface area contributed by atoms with Crippen LogP contribution in [0, 0.1) is 11.3 Å². The number of carbonyl (C=O) groups excluding carboxylic acids is 1. The van der Waals surface area contributed by atoms with Crippen molar-refractivity contribution in [2.24, 2.45) is 11.3 Å². The standard InChI is InChI=1S/C17H29NO3/c1-13-8-7-11-18(14(13)2)15(19)12-17(16(20)21)9-5-3-4-6-10-17/h13-14H,3-12H2,1-2H3,(H,20,21). The molecule has 0 spiro atoms. The zero-order chi connectivity index (χ0) is 15.5. The Balaban J connectivity index is 2.09. The van der Waals surface area contributed by atoms with E-state index in [0.29, 0.717) is 18.8 Å². The highest BCUT2D eigenvalue weighted by atomic mass is 16.4. The zero-order valence-electron chi connectivity index (χ0n) is 13.4. The van der Waals surface area contributed by atoms with Gasteiger partial charge in [-0.3, -0.25) is 9.59 Å². The fourth-order valence-corrected chi connectivity index (χ4v) is 3.95. The second-order valence-electron chi connectivity index (χ2n) is 7.12. The number of hydrogen-bond donors (Lipinski definition) is 1. The Morgan fingerprint density at radius 1 is 1.10 bits per heavy atom. The van der Waals surface area contributed by atoms with Crippen molar-refractivity contribution in [2.45, 2.75) is 77.7 Å². The number of nitrogens with zero attached hydrogens (tertiary/aromatic N) is 1. The average Bonchev–Trinajstić information content (AvgIpc) is 2.68. The maximum absolute atomic E-state index is 12.7. The second kappa shape index (κ2) is 6.80. The van der Waals surface area contributed by atoms with Crippen LogP contribution in [-0.2, 0) is 9.59 Å². The molecule has 120 valence electrons. The van der Waals surface area contributed by atoms with E-state index in [-0.39, 0.29) is 18.4 Å². The first-order valence-electron chi connectivity index (χ1n) is 8.49. The first-order valence-corrected chi connectivity index (χ1v) is 8.49. The molecule has 0 aromatic rings. The lowest BCUT2D eigenvalue weighted by atomic mass is 9.76. The van der Waals surface area contributed by atoms with E-state index in [9.17, 15) is 14.7 Å². The van der Waals surface area contributed by atoms with E-state index in [2.05, 4.69) is 13.8 Å². The van der Waals surface area contributed by atoms with E-state index >= 15 is 0 Å². The van der Waals surface area contributed by atoms with Crippen LogP contribution in [-0.4, -0.2) is 34.5 Å². The fraction of sp³-hybridized carbons (Fsp3) is 0.882. The molecule has 4 nitrogen and oxygen atoms in total. The van der Waals surface area contributed by atoms with Gasteiger partial charge in [-0.1, -0.05) is 32.6 Å². The molecule has 2 fully saturated rings. The second-order valence-corrected chi connectivity index (χ2v) is 7.12. The van der Waals surface area contributed by atoms with Gasteiger partial charge in [-0.25, -0.2) is 0 Å². The van der Waals surface area contributed by atoms with E-state index in [0.717, 1.165) is 45.1 Å². The first kappa shape index (κ1) is 16.3. The van der Waals surface area contributed by atoms with Crippen LogP contribution in [0.4, 0.5) is 0 Å². The fourth-order valence-electron chi connectivity index (χ4n) is 3.95. The maximum Gasteiger partial charge on any atom is 0.310 e. The summed E-state index contributed by atoms with van der Waals surface area (Å²) in [4.78, 5) is 26.5. The SMILES string of the molecule is CC1CCCN(C(=O)CC2(C(=O)O)CCCCCC2)C1C. The van der Waals surface area contributed by atoms with Crippen molar-refractivity contribution in [3.8, 4) is 0 Å². The third kappa shape index (κ3) is 3.58. The van der Waals surface area contributed by atoms with E-state index in [1.54, 1.807) is 0 Å². The molecular formula is C17H29NO3. The molecule has 0 aromatic carbocycles. The number of hydrogen-bond acceptors (Lipinski definition) is 2. The highest BCUT2D eigenvalue weighted by Gasteiger charge is 2.42. The lowest BCUT2D eigenvalue weighted by Gasteiger charge is -2.40. The molecule has 2 atom stereocenters. The molecule has 0 bridgehead atoms. The normalized spacial score (nSPS) is 29.7. The van der Waals surface area contributed by atoms with Crippen LogP contribution in [0.5, 0.6) is 0 Å². The third-order valence-corrected chi connectivity index (χ3v) is 5.70. The highest BCUT2D eigenvalue weighted by molar-refractivity contribution is 5.85. The van der Waals surface area contributed by atoms with Crippen LogP contribution in [0.3, 0.4) is 0 Å². The molecule has 2 unspecified atom stereocenters. The largest absolute Gasteiger partial charge is 0.481 e. The van der Waals surface area contributed by atoms with Crippen LogP contribution < -0.4 is 0 Å². The zero-order valence-corrected chi connectivity index (χ0v) is 13.4.